The first-order valence-electron chi connectivity index (χ1n) is 13.5. The molecule has 1 saturated heterocycles. The van der Waals surface area contributed by atoms with Crippen LogP contribution in [0, 0.1) is 0 Å². The summed E-state index contributed by atoms with van der Waals surface area (Å²) in [5, 5.41) is 21.1. The number of alkyl halides is 3. The summed E-state index contributed by atoms with van der Waals surface area (Å²) in [5.74, 6) is -5.15. The van der Waals surface area contributed by atoms with Crippen molar-refractivity contribution in [2.24, 2.45) is 0 Å². The molecule has 1 fully saturated rings. The Morgan fingerprint density at radius 1 is 1.00 bits per heavy atom. The van der Waals surface area contributed by atoms with Crippen LogP contribution in [0.4, 0.5) is 18.0 Å². The highest BCUT2D eigenvalue weighted by Gasteiger charge is 2.38. The number of nitrogens with one attached hydrogen (secondary N) is 2. The van der Waals surface area contributed by atoms with E-state index in [4.69, 9.17) is 19.7 Å². The molecule has 1 heterocycles. The van der Waals surface area contributed by atoms with Gasteiger partial charge in [0.2, 0.25) is 11.8 Å². The number of benzene rings is 2. The largest absolute Gasteiger partial charge is 0.490 e. The van der Waals surface area contributed by atoms with E-state index in [2.05, 4.69) is 10.6 Å². The number of hydrogen-bond acceptors (Lipinski definition) is 8. The van der Waals surface area contributed by atoms with E-state index in [1.54, 1.807) is 0 Å². The number of nitrogens with zero attached hydrogens (tertiary/aromatic N) is 2. The summed E-state index contributed by atoms with van der Waals surface area (Å²) in [6.07, 6.45) is -6.08. The van der Waals surface area contributed by atoms with E-state index in [1.807, 2.05) is 65.6 Å². The van der Waals surface area contributed by atoms with E-state index >= 15 is 0 Å². The van der Waals surface area contributed by atoms with E-state index < -0.39 is 60.6 Å². The molecule has 0 saturated carbocycles. The summed E-state index contributed by atoms with van der Waals surface area (Å²) in [6, 6.07) is 15.5. The second-order valence-corrected chi connectivity index (χ2v) is 9.84. The minimum atomic E-state index is -5.08. The summed E-state index contributed by atoms with van der Waals surface area (Å²) < 4.78 is 37.0. The van der Waals surface area contributed by atoms with Crippen molar-refractivity contribution in [2.45, 2.75) is 50.8 Å². The quantitative estimate of drug-likeness (QED) is 0.265. The molecule has 0 spiro atoms. The minimum Gasteiger partial charge on any atom is -0.481 e. The van der Waals surface area contributed by atoms with Gasteiger partial charge in [-0.15, -0.1) is 0 Å². The summed E-state index contributed by atoms with van der Waals surface area (Å²) in [7, 11) is 0. The first-order chi connectivity index (χ1) is 21.2. The molecule has 2 unspecified atom stereocenters. The lowest BCUT2D eigenvalue weighted by atomic mass is 10.1. The van der Waals surface area contributed by atoms with Crippen molar-refractivity contribution in [1.82, 2.24) is 20.4 Å². The molecule has 0 aliphatic carbocycles. The average molecular weight is 639 g/mol. The molecule has 1 aliphatic rings. The number of carboxylic acids is 2. The van der Waals surface area contributed by atoms with Gasteiger partial charge in [0.25, 0.3) is 0 Å². The second kappa shape index (κ2) is 17.3. The number of amides is 3. The van der Waals surface area contributed by atoms with Gasteiger partial charge in [-0.25, -0.2) is 9.59 Å². The number of aliphatic carboxylic acids is 2. The number of rotatable bonds is 11. The number of alkyl carbamates (subject to hydrolysis) is 1. The fourth-order valence-electron chi connectivity index (χ4n) is 4.14. The number of ether oxygens (including phenoxy) is 1. The van der Waals surface area contributed by atoms with Crippen LogP contribution in [0.3, 0.4) is 0 Å². The van der Waals surface area contributed by atoms with Crippen molar-refractivity contribution in [1.29, 1.82) is 0 Å². The van der Waals surface area contributed by atoms with E-state index in [9.17, 15) is 37.1 Å². The molecule has 4 N–H and O–H groups in total. The number of carbonyl (C=O) groups is 6. The van der Waals surface area contributed by atoms with Crippen molar-refractivity contribution in [3.05, 3.63) is 71.8 Å². The highest BCUT2D eigenvalue weighted by molar-refractivity contribution is 5.92. The van der Waals surface area contributed by atoms with Gasteiger partial charge in [0, 0.05) is 26.2 Å². The highest BCUT2D eigenvalue weighted by atomic mass is 19.4. The van der Waals surface area contributed by atoms with Crippen LogP contribution >= 0.6 is 0 Å². The number of aldehydes is 1. The predicted octanol–water partition coefficient (Wildman–Crippen LogP) is 1.81. The molecule has 0 aromatic heterocycles. The Balaban J connectivity index is 0.000000900. The zero-order valence-electron chi connectivity index (χ0n) is 24.1. The predicted molar refractivity (Wildman–Crippen MR) is 150 cm³/mol. The van der Waals surface area contributed by atoms with E-state index in [1.165, 1.54) is 11.8 Å². The first-order valence-corrected chi connectivity index (χ1v) is 13.5. The monoisotopic (exact) mass is 638 g/mol. The molecule has 2 aromatic rings. The summed E-state index contributed by atoms with van der Waals surface area (Å²) >= 11 is 0. The van der Waals surface area contributed by atoms with Gasteiger partial charge in [-0.3, -0.25) is 19.3 Å². The molecule has 0 bridgehead atoms. The van der Waals surface area contributed by atoms with Gasteiger partial charge in [-0.05, 0) is 18.1 Å². The molecular formula is C29H33F3N4O9. The van der Waals surface area contributed by atoms with Crippen LogP contribution in [0.5, 0.6) is 0 Å². The van der Waals surface area contributed by atoms with E-state index in [-0.39, 0.29) is 19.7 Å². The van der Waals surface area contributed by atoms with Gasteiger partial charge in [-0.1, -0.05) is 60.7 Å². The van der Waals surface area contributed by atoms with Gasteiger partial charge in [-0.2, -0.15) is 13.2 Å². The smallest absolute Gasteiger partial charge is 0.481 e. The molecule has 13 nitrogen and oxygen atoms in total. The number of hydrogen-bond donors (Lipinski definition) is 4. The van der Waals surface area contributed by atoms with Crippen LogP contribution in [0.2, 0.25) is 0 Å². The molecule has 244 valence electrons. The van der Waals surface area contributed by atoms with Crippen LogP contribution in [-0.4, -0.2) is 100 Å². The van der Waals surface area contributed by atoms with Crippen molar-refractivity contribution < 1.29 is 56.9 Å². The third-order valence-corrected chi connectivity index (χ3v) is 6.41. The fraction of sp³-hybridized carbons (Fsp3) is 0.379. The number of carbonyl (C=O) groups excluding carboxylic acids is 4. The third kappa shape index (κ3) is 12.6. The maximum atomic E-state index is 13.5. The van der Waals surface area contributed by atoms with Crippen molar-refractivity contribution in [3.8, 4) is 0 Å². The lowest BCUT2D eigenvalue weighted by Crippen LogP contribution is -2.56. The number of halogens is 3. The van der Waals surface area contributed by atoms with E-state index in [0.29, 0.717) is 19.4 Å². The van der Waals surface area contributed by atoms with Crippen LogP contribution in [0.15, 0.2) is 60.7 Å². The Morgan fingerprint density at radius 2 is 1.56 bits per heavy atom. The average Bonchev–Trinajstić information content (AvgIpc) is 3.14. The van der Waals surface area contributed by atoms with Crippen LogP contribution < -0.4 is 10.6 Å². The lowest BCUT2D eigenvalue weighted by Gasteiger charge is -2.29. The van der Waals surface area contributed by atoms with Crippen LogP contribution in [-0.2, 0) is 41.9 Å². The molecule has 16 heteroatoms. The SMILES string of the molecule is C[C@@H](C(=O)NC(C=O)CC(=O)O)N1CCN(Cc2ccccc2)CC(NC(=O)OCc2ccccc2)C1=O.O=C(O)C(F)(F)F. The van der Waals surface area contributed by atoms with Crippen molar-refractivity contribution in [3.63, 3.8) is 0 Å². The fourth-order valence-corrected chi connectivity index (χ4v) is 4.14. The van der Waals surface area contributed by atoms with Crippen LogP contribution in [0.1, 0.15) is 24.5 Å². The first kappa shape index (κ1) is 36.2. The molecule has 0 radical (unpaired) electrons. The molecule has 1 aliphatic heterocycles. The van der Waals surface area contributed by atoms with Crippen LogP contribution in [0.25, 0.3) is 0 Å². The Kier molecular flexibility index (Phi) is 14.0. The summed E-state index contributed by atoms with van der Waals surface area (Å²) in [5.41, 5.74) is 1.81. The Morgan fingerprint density at radius 3 is 2.07 bits per heavy atom. The lowest BCUT2D eigenvalue weighted by molar-refractivity contribution is -0.192. The Hall–Kier alpha value is -4.99. The molecular weight excluding hydrogens is 605 g/mol. The topological polar surface area (TPSA) is 183 Å². The maximum absolute atomic E-state index is 13.5. The van der Waals surface area contributed by atoms with Gasteiger partial charge < -0.3 is 35.3 Å². The van der Waals surface area contributed by atoms with E-state index in [0.717, 1.165) is 11.1 Å². The zero-order chi connectivity index (χ0) is 33.6. The second-order valence-electron chi connectivity index (χ2n) is 9.84. The van der Waals surface area contributed by atoms with Gasteiger partial charge in [0.05, 0.1) is 12.5 Å². The minimum absolute atomic E-state index is 0.0283. The molecule has 3 amide bonds. The number of carboxylic acid groups (broad SMARTS) is 2. The molecule has 45 heavy (non-hydrogen) atoms. The standard InChI is InChI=1S/C27H32N4O7.C2HF3O2/c1-19(25(35)28-22(17-32)14-24(33)34)31-13-12-30(15-20-8-4-2-5-9-20)16-23(26(31)36)29-27(37)38-18-21-10-6-3-7-11-21;3-2(4,5)1(6)7/h2-11,17,19,22-23H,12-16,18H2,1H3,(H,28,35)(H,29,37)(H,33,34);(H,6,7)/t19-,22?,23?;/m0./s1. The van der Waals surface area contributed by atoms with Gasteiger partial charge in [0.1, 0.15) is 25.0 Å². The Bertz CT molecular complexity index is 1310. The van der Waals surface area contributed by atoms with Gasteiger partial charge in [0.15, 0.2) is 0 Å². The highest BCUT2D eigenvalue weighted by Crippen LogP contribution is 2.15. The molecule has 3 atom stereocenters. The molecule has 2 aromatic carbocycles. The van der Waals surface area contributed by atoms with Crippen molar-refractivity contribution in [2.75, 3.05) is 19.6 Å². The van der Waals surface area contributed by atoms with Crippen molar-refractivity contribution >= 4 is 36.1 Å². The zero-order valence-corrected chi connectivity index (χ0v) is 24.1. The molecule has 3 rings (SSSR count). The Labute approximate surface area is 255 Å². The maximum Gasteiger partial charge on any atom is 0.490 e. The summed E-state index contributed by atoms with van der Waals surface area (Å²) in [4.78, 5) is 73.4. The third-order valence-electron chi connectivity index (χ3n) is 6.41. The summed E-state index contributed by atoms with van der Waals surface area (Å²) in [6.45, 7) is 2.83. The normalized spacial score (nSPS) is 16.6. The van der Waals surface area contributed by atoms with Gasteiger partial charge >= 0.3 is 24.2 Å².